The number of carbonyl (C=O) groups is 1. The van der Waals surface area contributed by atoms with Crippen LogP contribution in [0, 0.1) is 11.8 Å². The van der Waals surface area contributed by atoms with Crippen LogP contribution in [0.1, 0.15) is 19.3 Å². The Labute approximate surface area is 122 Å². The zero-order valence-corrected chi connectivity index (χ0v) is 12.7. The molecule has 2 saturated heterocycles. The molecule has 4 atom stereocenters. The highest BCUT2D eigenvalue weighted by Crippen LogP contribution is 2.36. The lowest BCUT2D eigenvalue weighted by molar-refractivity contribution is -0.144. The van der Waals surface area contributed by atoms with E-state index in [-0.39, 0.29) is 11.9 Å². The van der Waals surface area contributed by atoms with E-state index in [1.54, 1.807) is 0 Å². The average Bonchev–Trinajstić information content (AvgIpc) is 3.00. The van der Waals surface area contributed by atoms with Crippen LogP contribution in [0.3, 0.4) is 0 Å². The molecule has 0 bridgehead atoms. The van der Waals surface area contributed by atoms with E-state index in [0.717, 1.165) is 23.8 Å². The van der Waals surface area contributed by atoms with Crippen molar-refractivity contribution in [2.24, 2.45) is 11.8 Å². The second-order valence-corrected chi connectivity index (χ2v) is 7.87. The molecule has 19 heavy (non-hydrogen) atoms. The van der Waals surface area contributed by atoms with Gasteiger partial charge in [0, 0.05) is 16.8 Å². The molecule has 2 heterocycles. The molecule has 4 unspecified atom stereocenters. The summed E-state index contributed by atoms with van der Waals surface area (Å²) in [5.41, 5.74) is 6.91. The largest absolute Gasteiger partial charge is 0.469 e. The molecule has 0 radical (unpaired) electrons. The molecule has 5 nitrogen and oxygen atoms in total. The first-order valence-electron chi connectivity index (χ1n) is 6.84. The maximum atomic E-state index is 11.5. The molecule has 108 valence electrons. The Hall–Kier alpha value is 0.0500. The van der Waals surface area contributed by atoms with Crippen LogP contribution in [0.5, 0.6) is 0 Å². The minimum atomic E-state index is -0.0485. The van der Waals surface area contributed by atoms with Gasteiger partial charge in [-0.3, -0.25) is 10.1 Å². The monoisotopic (exact) mass is 303 g/mol. The molecule has 3 rings (SSSR count). The van der Waals surface area contributed by atoms with Gasteiger partial charge in [-0.15, -0.1) is 11.8 Å². The van der Waals surface area contributed by atoms with Crippen LogP contribution in [0.15, 0.2) is 0 Å². The van der Waals surface area contributed by atoms with E-state index >= 15 is 0 Å². The van der Waals surface area contributed by atoms with Gasteiger partial charge >= 0.3 is 5.97 Å². The normalized spacial score (nSPS) is 38.6. The van der Waals surface area contributed by atoms with Crippen LogP contribution in [0.4, 0.5) is 0 Å². The number of esters is 1. The van der Waals surface area contributed by atoms with Crippen molar-refractivity contribution in [2.75, 3.05) is 18.6 Å². The molecule has 1 saturated carbocycles. The highest BCUT2D eigenvalue weighted by molar-refractivity contribution is 8.03. The second-order valence-electron chi connectivity index (χ2n) is 5.39. The average molecular weight is 303 g/mol. The number of hydrogen-bond donors (Lipinski definition) is 3. The predicted octanol–water partition coefficient (Wildman–Crippen LogP) is 0.731. The fraction of sp³-hybridized carbons (Fsp3) is 0.917. The van der Waals surface area contributed by atoms with Gasteiger partial charge < -0.3 is 4.74 Å². The van der Waals surface area contributed by atoms with Gasteiger partial charge in [0.1, 0.15) is 5.50 Å². The lowest BCUT2D eigenvalue weighted by Crippen LogP contribution is -2.35. The topological polar surface area (TPSA) is 62.4 Å². The highest BCUT2D eigenvalue weighted by Gasteiger charge is 2.37. The Kier molecular flexibility index (Phi) is 4.58. The smallest absolute Gasteiger partial charge is 0.309 e. The summed E-state index contributed by atoms with van der Waals surface area (Å²) < 4.78 is 4.81. The second kappa shape index (κ2) is 6.22. The van der Waals surface area contributed by atoms with Crippen molar-refractivity contribution in [3.8, 4) is 0 Å². The molecule has 0 amide bonds. The van der Waals surface area contributed by atoms with E-state index in [4.69, 9.17) is 4.74 Å². The summed E-state index contributed by atoms with van der Waals surface area (Å²) >= 11 is 3.79. The van der Waals surface area contributed by atoms with Crippen molar-refractivity contribution < 1.29 is 9.53 Å². The maximum absolute atomic E-state index is 11.5. The minimum Gasteiger partial charge on any atom is -0.469 e. The minimum absolute atomic E-state index is 0.0485. The van der Waals surface area contributed by atoms with Crippen LogP contribution in [0.25, 0.3) is 0 Å². The summed E-state index contributed by atoms with van der Waals surface area (Å²) in [6, 6.07) is 0. The third-order valence-corrected chi connectivity index (χ3v) is 6.68. The summed E-state index contributed by atoms with van der Waals surface area (Å²) in [5, 5.41) is 4.13. The number of ether oxygens (including phenoxy) is 1. The van der Waals surface area contributed by atoms with Crippen molar-refractivity contribution in [1.82, 2.24) is 16.2 Å². The van der Waals surface area contributed by atoms with Crippen molar-refractivity contribution in [3.63, 3.8) is 0 Å². The maximum Gasteiger partial charge on any atom is 0.309 e. The molecule has 2 aliphatic heterocycles. The zero-order valence-electron chi connectivity index (χ0n) is 11.1. The van der Waals surface area contributed by atoms with Crippen LogP contribution in [-0.4, -0.2) is 41.5 Å². The molecule has 0 spiro atoms. The van der Waals surface area contributed by atoms with Gasteiger partial charge in [-0.1, -0.05) is 0 Å². The molecule has 0 aromatic rings. The molecule has 3 N–H and O–H groups in total. The van der Waals surface area contributed by atoms with Crippen molar-refractivity contribution in [3.05, 3.63) is 0 Å². The van der Waals surface area contributed by atoms with Gasteiger partial charge in [0.25, 0.3) is 0 Å². The third kappa shape index (κ3) is 3.58. The lowest BCUT2D eigenvalue weighted by Gasteiger charge is -2.14. The summed E-state index contributed by atoms with van der Waals surface area (Å²) in [7, 11) is 1.48. The molecule has 1 aliphatic carbocycles. The summed E-state index contributed by atoms with van der Waals surface area (Å²) in [5.74, 6) is 2.84. The van der Waals surface area contributed by atoms with Gasteiger partial charge in [-0.2, -0.15) is 11.8 Å². The van der Waals surface area contributed by atoms with E-state index < -0.39 is 0 Å². The summed E-state index contributed by atoms with van der Waals surface area (Å²) in [6.07, 6.45) is 4.07. The van der Waals surface area contributed by atoms with E-state index in [9.17, 15) is 4.79 Å². The number of hydrazine groups is 1. The quantitative estimate of drug-likeness (QED) is 0.647. The highest BCUT2D eigenvalue weighted by atomic mass is 32.2. The van der Waals surface area contributed by atoms with Crippen molar-refractivity contribution >= 4 is 29.5 Å². The fourth-order valence-electron chi connectivity index (χ4n) is 2.54. The number of nitrogens with one attached hydrogen (secondary N) is 3. The van der Waals surface area contributed by atoms with Crippen LogP contribution < -0.4 is 16.2 Å². The van der Waals surface area contributed by atoms with E-state index in [2.05, 4.69) is 16.2 Å². The predicted molar refractivity (Wildman–Crippen MR) is 78.5 cm³/mol. The van der Waals surface area contributed by atoms with E-state index in [1.807, 2.05) is 23.5 Å². The number of thioether (sulfide) groups is 2. The number of carbonyl (C=O) groups excluding carboxylic acids is 1. The Morgan fingerprint density at radius 2 is 2.26 bits per heavy atom. The lowest BCUT2D eigenvalue weighted by atomic mass is 10.1. The van der Waals surface area contributed by atoms with Crippen LogP contribution >= 0.6 is 23.5 Å². The van der Waals surface area contributed by atoms with Crippen LogP contribution in [0.2, 0.25) is 0 Å². The van der Waals surface area contributed by atoms with Gasteiger partial charge in [0.05, 0.1) is 19.2 Å². The molecule has 3 aliphatic rings. The molecule has 0 aromatic heterocycles. The van der Waals surface area contributed by atoms with Gasteiger partial charge in [-0.25, -0.2) is 10.9 Å². The van der Waals surface area contributed by atoms with Gasteiger partial charge in [-0.05, 0) is 25.2 Å². The number of hydrogen-bond acceptors (Lipinski definition) is 7. The van der Waals surface area contributed by atoms with E-state index in [1.165, 1.54) is 20.0 Å². The number of methoxy groups -OCH3 is 1. The fourth-order valence-corrected chi connectivity index (χ4v) is 5.24. The van der Waals surface area contributed by atoms with Gasteiger partial charge in [0.2, 0.25) is 0 Å². The first-order valence-corrected chi connectivity index (χ1v) is 8.94. The Morgan fingerprint density at radius 3 is 3.00 bits per heavy atom. The molecular formula is C12H21N3O2S2. The van der Waals surface area contributed by atoms with Gasteiger partial charge in [0.15, 0.2) is 0 Å². The SMILES string of the molecule is COC(=O)C1CSC(CSC2NNC(C3CC3)N2)C1. The Bertz CT molecular complexity index is 341. The van der Waals surface area contributed by atoms with Crippen molar-refractivity contribution in [2.45, 2.75) is 36.2 Å². The molecular weight excluding hydrogens is 282 g/mol. The van der Waals surface area contributed by atoms with Crippen LogP contribution in [-0.2, 0) is 9.53 Å². The molecule has 7 heteroatoms. The first kappa shape index (κ1) is 14.0. The Balaban J connectivity index is 1.35. The van der Waals surface area contributed by atoms with E-state index in [0.29, 0.717) is 16.9 Å². The summed E-state index contributed by atoms with van der Waals surface area (Å²) in [6.45, 7) is 0. The zero-order chi connectivity index (χ0) is 13.2. The molecule has 0 aromatic carbocycles. The molecule has 3 fully saturated rings. The Morgan fingerprint density at radius 1 is 1.42 bits per heavy atom. The van der Waals surface area contributed by atoms with Crippen molar-refractivity contribution in [1.29, 1.82) is 0 Å². The number of rotatable bonds is 5. The third-order valence-electron chi connectivity index (χ3n) is 3.86. The summed E-state index contributed by atoms with van der Waals surface area (Å²) in [4.78, 5) is 11.5. The standard InChI is InChI=1S/C12H21N3O2S2/c1-17-11(16)8-4-9(18-5-8)6-19-12-13-10(14-15-12)7-2-3-7/h7-10,12-15H,2-6H2,1H3. The first-order chi connectivity index (χ1) is 9.26.